The Morgan fingerprint density at radius 2 is 1.90 bits per heavy atom. The van der Waals surface area contributed by atoms with E-state index in [0.29, 0.717) is 43.3 Å². The fourth-order valence-corrected chi connectivity index (χ4v) is 6.87. The van der Waals surface area contributed by atoms with E-state index in [-0.39, 0.29) is 18.0 Å². The molecule has 0 radical (unpaired) electrons. The summed E-state index contributed by atoms with van der Waals surface area (Å²) in [4.78, 5) is 45.0. The molecule has 4 aliphatic rings. The monoisotopic (exact) mass is 444 g/mol. The van der Waals surface area contributed by atoms with Crippen molar-refractivity contribution in [2.24, 2.45) is 11.8 Å². The number of likely N-dealkylation sites (tertiary alicyclic amines) is 2. The molecular formula is C23H32N4O3S. The molecule has 3 atom stereocenters. The quantitative estimate of drug-likeness (QED) is 0.762. The van der Waals surface area contributed by atoms with Crippen molar-refractivity contribution in [3.8, 4) is 0 Å². The Morgan fingerprint density at radius 1 is 1.10 bits per heavy atom. The summed E-state index contributed by atoms with van der Waals surface area (Å²) in [6.45, 7) is 5.70. The molecule has 8 heteroatoms. The molecule has 1 aromatic rings. The van der Waals surface area contributed by atoms with Gasteiger partial charge in [-0.1, -0.05) is 0 Å². The zero-order chi connectivity index (χ0) is 21.5. The molecule has 1 aromatic heterocycles. The number of carbonyl (C=O) groups excluding carboxylic acids is 3. The molecule has 0 unspecified atom stereocenters. The van der Waals surface area contributed by atoms with Crippen LogP contribution in [0.4, 0.5) is 4.79 Å². The third kappa shape index (κ3) is 4.06. The first-order chi connectivity index (χ1) is 15.0. The Labute approximate surface area is 187 Å². The van der Waals surface area contributed by atoms with E-state index in [1.807, 2.05) is 28.2 Å². The van der Waals surface area contributed by atoms with E-state index in [1.54, 1.807) is 0 Å². The number of thiophene rings is 1. The van der Waals surface area contributed by atoms with Crippen LogP contribution in [-0.4, -0.2) is 77.4 Å². The average Bonchev–Trinajstić information content (AvgIpc) is 3.20. The first-order valence-electron chi connectivity index (χ1n) is 11.7. The van der Waals surface area contributed by atoms with Crippen molar-refractivity contribution in [3.63, 3.8) is 0 Å². The summed E-state index contributed by atoms with van der Waals surface area (Å²) in [5.41, 5.74) is 1.02. The van der Waals surface area contributed by atoms with Crippen LogP contribution in [0.1, 0.15) is 53.8 Å². The Bertz CT molecular complexity index is 863. The molecule has 4 saturated heterocycles. The normalized spacial score (nSPS) is 29.0. The molecule has 4 amide bonds. The highest BCUT2D eigenvalue weighted by Gasteiger charge is 2.45. The summed E-state index contributed by atoms with van der Waals surface area (Å²) in [5.74, 6) is 1.15. The third-order valence-corrected chi connectivity index (χ3v) is 8.63. The highest BCUT2D eigenvalue weighted by molar-refractivity contribution is 7.12. The second-order valence-electron chi connectivity index (χ2n) is 9.72. The van der Waals surface area contributed by atoms with Gasteiger partial charge in [0, 0.05) is 51.2 Å². The van der Waals surface area contributed by atoms with Gasteiger partial charge in [0.2, 0.25) is 5.91 Å². The topological polar surface area (TPSA) is 73.0 Å². The maximum absolute atomic E-state index is 13.3. The van der Waals surface area contributed by atoms with Gasteiger partial charge in [-0.05, 0) is 67.9 Å². The van der Waals surface area contributed by atoms with Crippen LogP contribution < -0.4 is 5.32 Å². The van der Waals surface area contributed by atoms with Gasteiger partial charge in [0.15, 0.2) is 0 Å². The largest absolute Gasteiger partial charge is 0.348 e. The number of fused-ring (bicyclic) bond motifs is 4. The van der Waals surface area contributed by atoms with Crippen LogP contribution in [0.2, 0.25) is 0 Å². The van der Waals surface area contributed by atoms with E-state index in [0.717, 1.165) is 62.2 Å². The number of carbonyl (C=O) groups is 3. The molecule has 168 valence electrons. The number of amides is 4. The molecule has 0 saturated carbocycles. The fraction of sp³-hybridized carbons (Fsp3) is 0.696. The smallest absolute Gasteiger partial charge is 0.320 e. The predicted octanol–water partition coefficient (Wildman–Crippen LogP) is 2.70. The van der Waals surface area contributed by atoms with E-state index in [1.165, 1.54) is 11.3 Å². The Hall–Kier alpha value is -2.09. The minimum absolute atomic E-state index is 0.00714. The Morgan fingerprint density at radius 3 is 2.65 bits per heavy atom. The number of urea groups is 1. The summed E-state index contributed by atoms with van der Waals surface area (Å²) in [5, 5.41) is 5.10. The molecule has 4 aliphatic heterocycles. The van der Waals surface area contributed by atoms with Gasteiger partial charge in [-0.2, -0.15) is 0 Å². The van der Waals surface area contributed by atoms with Crippen molar-refractivity contribution in [1.29, 1.82) is 0 Å². The standard InChI is InChI=1S/C23H32N4O3S/c1-15-7-10-31-21(15)22(29)24-18-5-8-25(9-6-18)23(30)26-12-16-11-17(14-26)19-3-2-4-20(28)27(19)13-16/h7,10,16-19H,2-6,8-9,11-14H2,1H3,(H,24,29)/t16-,17-,19-/m1/s1. The number of nitrogens with zero attached hydrogens (tertiary/aromatic N) is 3. The van der Waals surface area contributed by atoms with E-state index in [4.69, 9.17) is 0 Å². The van der Waals surface area contributed by atoms with Gasteiger partial charge >= 0.3 is 6.03 Å². The van der Waals surface area contributed by atoms with E-state index in [9.17, 15) is 14.4 Å². The van der Waals surface area contributed by atoms with Crippen molar-refractivity contribution in [3.05, 3.63) is 21.9 Å². The van der Waals surface area contributed by atoms with Crippen LogP contribution in [-0.2, 0) is 4.79 Å². The summed E-state index contributed by atoms with van der Waals surface area (Å²) in [6.07, 6.45) is 5.50. The Kier molecular flexibility index (Phi) is 5.67. The van der Waals surface area contributed by atoms with E-state index in [2.05, 4.69) is 10.2 Å². The van der Waals surface area contributed by atoms with Crippen molar-refractivity contribution < 1.29 is 14.4 Å². The predicted molar refractivity (Wildman–Crippen MR) is 119 cm³/mol. The maximum atomic E-state index is 13.3. The maximum Gasteiger partial charge on any atom is 0.320 e. The molecule has 2 bridgehead atoms. The lowest BCUT2D eigenvalue weighted by Gasteiger charge is -2.53. The highest BCUT2D eigenvalue weighted by Crippen LogP contribution is 2.38. The molecule has 4 fully saturated rings. The second kappa shape index (κ2) is 8.45. The Balaban J connectivity index is 1.15. The molecule has 5 rings (SSSR count). The number of aryl methyl sites for hydroxylation is 1. The minimum Gasteiger partial charge on any atom is -0.348 e. The second-order valence-corrected chi connectivity index (χ2v) is 10.6. The van der Waals surface area contributed by atoms with Gasteiger partial charge in [0.1, 0.15) is 0 Å². The zero-order valence-electron chi connectivity index (χ0n) is 18.2. The number of hydrogen-bond acceptors (Lipinski definition) is 4. The van der Waals surface area contributed by atoms with Crippen LogP contribution in [0.25, 0.3) is 0 Å². The van der Waals surface area contributed by atoms with Crippen LogP contribution in [0.15, 0.2) is 11.4 Å². The van der Waals surface area contributed by atoms with Gasteiger partial charge < -0.3 is 20.0 Å². The average molecular weight is 445 g/mol. The highest BCUT2D eigenvalue weighted by atomic mass is 32.1. The van der Waals surface area contributed by atoms with Gasteiger partial charge in [-0.25, -0.2) is 4.79 Å². The summed E-state index contributed by atoms with van der Waals surface area (Å²) >= 11 is 1.48. The van der Waals surface area contributed by atoms with Crippen LogP contribution >= 0.6 is 11.3 Å². The van der Waals surface area contributed by atoms with Crippen LogP contribution in [0.3, 0.4) is 0 Å². The minimum atomic E-state index is 0.00714. The molecule has 0 aromatic carbocycles. The van der Waals surface area contributed by atoms with Crippen LogP contribution in [0, 0.1) is 18.8 Å². The molecular weight excluding hydrogens is 412 g/mol. The molecule has 5 heterocycles. The summed E-state index contributed by atoms with van der Waals surface area (Å²) in [6, 6.07) is 2.57. The van der Waals surface area contributed by atoms with Crippen molar-refractivity contribution in [1.82, 2.24) is 20.0 Å². The van der Waals surface area contributed by atoms with Gasteiger partial charge in [0.25, 0.3) is 5.91 Å². The van der Waals surface area contributed by atoms with E-state index < -0.39 is 0 Å². The van der Waals surface area contributed by atoms with Crippen molar-refractivity contribution in [2.45, 2.75) is 57.5 Å². The fourth-order valence-electron chi connectivity index (χ4n) is 6.04. The molecule has 0 aliphatic carbocycles. The summed E-state index contributed by atoms with van der Waals surface area (Å²) < 4.78 is 0. The number of hydrogen-bond donors (Lipinski definition) is 1. The first-order valence-corrected chi connectivity index (χ1v) is 12.6. The lowest BCUT2D eigenvalue weighted by molar-refractivity contribution is -0.144. The number of rotatable bonds is 2. The molecule has 0 spiro atoms. The van der Waals surface area contributed by atoms with Gasteiger partial charge in [-0.15, -0.1) is 11.3 Å². The van der Waals surface area contributed by atoms with Crippen molar-refractivity contribution in [2.75, 3.05) is 32.7 Å². The number of piperidine rings is 4. The summed E-state index contributed by atoms with van der Waals surface area (Å²) in [7, 11) is 0. The lowest BCUT2D eigenvalue weighted by atomic mass is 9.76. The molecule has 7 nitrogen and oxygen atoms in total. The van der Waals surface area contributed by atoms with Crippen molar-refractivity contribution >= 4 is 29.2 Å². The van der Waals surface area contributed by atoms with Gasteiger partial charge in [-0.3, -0.25) is 9.59 Å². The lowest BCUT2D eigenvalue weighted by Crippen LogP contribution is -2.62. The first kappa shape index (κ1) is 20.8. The number of nitrogens with one attached hydrogen (secondary N) is 1. The SMILES string of the molecule is Cc1ccsc1C(=O)NC1CCN(C(=O)N2C[C@H]3C[C@H](C2)[C@H]2CCCC(=O)N2C3)CC1. The molecule has 31 heavy (non-hydrogen) atoms. The van der Waals surface area contributed by atoms with E-state index >= 15 is 0 Å². The third-order valence-electron chi connectivity index (χ3n) is 7.62. The molecule has 1 N–H and O–H groups in total. The van der Waals surface area contributed by atoms with Crippen LogP contribution in [0.5, 0.6) is 0 Å². The zero-order valence-corrected chi connectivity index (χ0v) is 19.0. The van der Waals surface area contributed by atoms with Gasteiger partial charge in [0.05, 0.1) is 4.88 Å².